The van der Waals surface area contributed by atoms with Gasteiger partial charge in [-0.25, -0.2) is 19.2 Å². The highest BCUT2D eigenvalue weighted by atomic mass is 19.4. The fraction of sp³-hybridized carbons (Fsp3) is 0.478. The van der Waals surface area contributed by atoms with Gasteiger partial charge < -0.3 is 44.5 Å². The van der Waals surface area contributed by atoms with Crippen molar-refractivity contribution in [3.8, 4) is 28.1 Å². The largest absolute Gasteiger partial charge is 0.573 e. The SMILES string of the molecule is COC(=O)N[C@H](C(=O)N1C[C@@H](C)C[C@H]1c1nc(-c2ccc(-c3ccc(C(=O)Nc4ccc(N5CCN(C(=O)C(C)(C)C)C[C@H]5C)nc4)c(F)c3OC(F)(F)F)cc2)c[nH]1)C1CCOCC1. The van der Waals surface area contributed by atoms with Gasteiger partial charge in [-0.05, 0) is 67.9 Å². The molecule has 4 aromatic rings. The summed E-state index contributed by atoms with van der Waals surface area (Å²) in [5.74, 6) is -2.77. The first-order chi connectivity index (χ1) is 30.8. The molecular weight excluding hydrogens is 853 g/mol. The number of likely N-dealkylation sites (tertiary alicyclic amines) is 1. The number of pyridine rings is 1. The van der Waals surface area contributed by atoms with E-state index in [2.05, 4.69) is 25.3 Å². The molecule has 4 atom stereocenters. The van der Waals surface area contributed by atoms with Gasteiger partial charge in [0.05, 0.1) is 36.3 Å². The Labute approximate surface area is 374 Å². The van der Waals surface area contributed by atoms with Crippen LogP contribution in [0.25, 0.3) is 22.4 Å². The number of hydrogen-bond acceptors (Lipinski definition) is 10. The van der Waals surface area contributed by atoms with Gasteiger partial charge >= 0.3 is 12.5 Å². The highest BCUT2D eigenvalue weighted by molar-refractivity contribution is 6.05. The normalized spacial score (nSPS) is 20.0. The Kier molecular flexibility index (Phi) is 13.7. The van der Waals surface area contributed by atoms with E-state index in [9.17, 15) is 32.3 Å². The number of methoxy groups -OCH3 is 1. The topological polar surface area (TPSA) is 171 Å². The number of ether oxygens (including phenoxy) is 3. The van der Waals surface area contributed by atoms with Crippen molar-refractivity contribution in [3.63, 3.8) is 0 Å². The minimum Gasteiger partial charge on any atom is -0.453 e. The number of aromatic nitrogens is 3. The van der Waals surface area contributed by atoms with Crippen molar-refractivity contribution in [1.82, 2.24) is 30.1 Å². The third-order valence-corrected chi connectivity index (χ3v) is 12.1. The van der Waals surface area contributed by atoms with Crippen LogP contribution in [0.3, 0.4) is 0 Å². The van der Waals surface area contributed by atoms with Crippen LogP contribution in [0, 0.1) is 23.1 Å². The van der Waals surface area contributed by atoms with Crippen LogP contribution in [0.2, 0.25) is 0 Å². The number of aromatic amines is 1. The van der Waals surface area contributed by atoms with Crippen molar-refractivity contribution in [1.29, 1.82) is 0 Å². The molecule has 4 amide bonds. The first-order valence-corrected chi connectivity index (χ1v) is 21.6. The number of hydrogen-bond donors (Lipinski definition) is 3. The van der Waals surface area contributed by atoms with E-state index in [1.165, 1.54) is 31.5 Å². The predicted molar refractivity (Wildman–Crippen MR) is 232 cm³/mol. The summed E-state index contributed by atoms with van der Waals surface area (Å²) in [6.07, 6.45) is -1.15. The molecule has 7 rings (SSSR count). The molecule has 5 heterocycles. The molecule has 0 radical (unpaired) electrons. The molecule has 3 fully saturated rings. The summed E-state index contributed by atoms with van der Waals surface area (Å²) in [5.41, 5.74) is -0.0100. The lowest BCUT2D eigenvalue weighted by Gasteiger charge is -2.42. The molecule has 0 unspecified atom stereocenters. The maximum atomic E-state index is 16.1. The number of anilines is 2. The number of alkyl halides is 3. The van der Waals surface area contributed by atoms with Crippen molar-refractivity contribution in [3.05, 3.63) is 78.1 Å². The number of carbonyl (C=O) groups is 4. The van der Waals surface area contributed by atoms with Gasteiger partial charge in [0, 0.05) is 68.2 Å². The number of nitrogens with zero attached hydrogens (tertiary/aromatic N) is 5. The van der Waals surface area contributed by atoms with Crippen LogP contribution < -0.4 is 20.3 Å². The van der Waals surface area contributed by atoms with Gasteiger partial charge in [0.2, 0.25) is 11.8 Å². The Morgan fingerprint density at radius 2 is 1.65 bits per heavy atom. The van der Waals surface area contributed by atoms with Crippen molar-refractivity contribution < 1.29 is 51.0 Å². The lowest BCUT2D eigenvalue weighted by molar-refractivity contribution is -0.275. The molecule has 15 nitrogen and oxygen atoms in total. The van der Waals surface area contributed by atoms with E-state index in [0.29, 0.717) is 81.6 Å². The van der Waals surface area contributed by atoms with E-state index in [-0.39, 0.29) is 46.5 Å². The maximum absolute atomic E-state index is 16.1. The van der Waals surface area contributed by atoms with E-state index >= 15 is 4.39 Å². The van der Waals surface area contributed by atoms with Gasteiger partial charge in [-0.3, -0.25) is 14.4 Å². The van der Waals surface area contributed by atoms with Gasteiger partial charge in [0.15, 0.2) is 11.6 Å². The van der Waals surface area contributed by atoms with E-state index in [1.807, 2.05) is 44.4 Å². The summed E-state index contributed by atoms with van der Waals surface area (Å²) in [4.78, 5) is 70.6. The Balaban J connectivity index is 1.05. The van der Waals surface area contributed by atoms with Gasteiger partial charge in [0.25, 0.3) is 5.91 Å². The Hall–Kier alpha value is -6.24. The summed E-state index contributed by atoms with van der Waals surface area (Å²) in [5, 5.41) is 5.25. The van der Waals surface area contributed by atoms with E-state index in [0.717, 1.165) is 6.07 Å². The predicted octanol–water partition coefficient (Wildman–Crippen LogP) is 7.57. The zero-order valence-corrected chi connectivity index (χ0v) is 37.1. The summed E-state index contributed by atoms with van der Waals surface area (Å²) in [6.45, 7) is 12.6. The first kappa shape index (κ1) is 46.7. The summed E-state index contributed by atoms with van der Waals surface area (Å²) < 4.78 is 71.9. The quantitative estimate of drug-likeness (QED) is 0.135. The molecule has 0 aliphatic carbocycles. The minimum absolute atomic E-state index is 0.0477. The van der Waals surface area contributed by atoms with Crippen LogP contribution in [0.4, 0.5) is 33.9 Å². The minimum atomic E-state index is -5.29. The van der Waals surface area contributed by atoms with Crippen LogP contribution in [-0.2, 0) is 19.1 Å². The fourth-order valence-corrected chi connectivity index (χ4v) is 8.78. The Morgan fingerprint density at radius 1 is 0.938 bits per heavy atom. The number of imidazole rings is 1. The van der Waals surface area contributed by atoms with E-state index in [4.69, 9.17) is 14.5 Å². The first-order valence-electron chi connectivity index (χ1n) is 21.6. The van der Waals surface area contributed by atoms with Crippen molar-refractivity contribution in [2.45, 2.75) is 78.4 Å². The number of nitrogens with one attached hydrogen (secondary N) is 3. The monoisotopic (exact) mass is 906 g/mol. The molecule has 3 saturated heterocycles. The molecule has 348 valence electrons. The number of alkyl carbamates (subject to hydrolysis) is 1. The molecule has 0 saturated carbocycles. The molecule has 0 spiro atoms. The van der Waals surface area contributed by atoms with Gasteiger partial charge in [-0.2, -0.15) is 0 Å². The third-order valence-electron chi connectivity index (χ3n) is 12.1. The number of H-pyrrole nitrogens is 1. The lowest BCUT2D eigenvalue weighted by atomic mass is 9.90. The second kappa shape index (κ2) is 19.1. The molecule has 2 aromatic carbocycles. The standard InChI is InChI=1S/C46H54F4N8O7/c1-26-21-35(58(24-26)42(60)38(55-44(62)63-6)30-15-19-64-20-16-30)40-52-23-34(54-40)29-9-7-28(8-10-29)32-12-13-33(37(47)39(32)65-46(48,49)50)41(59)53-31-11-14-36(51-22-31)57-18-17-56(25-27(57)2)43(61)45(3,4)5/h7-14,22-23,26-27,30,35,38H,15-21,24-25H2,1-6H3,(H,52,54)(H,53,59)(H,55,62)/t26-,27+,35-,38-/m0/s1. The Bertz CT molecular complexity index is 2360. The van der Waals surface area contributed by atoms with Crippen LogP contribution >= 0.6 is 0 Å². The average molecular weight is 907 g/mol. The zero-order valence-electron chi connectivity index (χ0n) is 37.1. The highest BCUT2D eigenvalue weighted by Crippen LogP contribution is 2.40. The Morgan fingerprint density at radius 3 is 2.28 bits per heavy atom. The summed E-state index contributed by atoms with van der Waals surface area (Å²) in [7, 11) is 1.24. The van der Waals surface area contributed by atoms with E-state index < -0.39 is 53.0 Å². The molecule has 2 aromatic heterocycles. The van der Waals surface area contributed by atoms with Crippen molar-refractivity contribution in [2.24, 2.45) is 17.3 Å². The molecule has 65 heavy (non-hydrogen) atoms. The van der Waals surface area contributed by atoms with Crippen LogP contribution in [0.5, 0.6) is 5.75 Å². The molecule has 0 bridgehead atoms. The number of halogens is 4. The van der Waals surface area contributed by atoms with Crippen LogP contribution in [0.1, 0.15) is 76.1 Å². The molecule has 19 heteroatoms. The number of rotatable bonds is 10. The van der Waals surface area contributed by atoms with Crippen LogP contribution in [0.15, 0.2) is 60.9 Å². The molecule has 3 aliphatic rings. The highest BCUT2D eigenvalue weighted by Gasteiger charge is 2.42. The molecule has 3 N–H and O–H groups in total. The molecule has 3 aliphatic heterocycles. The van der Waals surface area contributed by atoms with Crippen molar-refractivity contribution in [2.75, 3.05) is 56.7 Å². The summed E-state index contributed by atoms with van der Waals surface area (Å²) >= 11 is 0. The number of piperazine rings is 1. The number of amides is 4. The lowest BCUT2D eigenvalue weighted by Crippen LogP contribution is -2.56. The second-order valence-electron chi connectivity index (χ2n) is 17.9. The third kappa shape index (κ3) is 10.7. The number of benzene rings is 2. The maximum Gasteiger partial charge on any atom is 0.573 e. The van der Waals surface area contributed by atoms with Gasteiger partial charge in [-0.1, -0.05) is 52.0 Å². The second-order valence-corrected chi connectivity index (χ2v) is 17.9. The molecular formula is C46H54F4N8O7. The fourth-order valence-electron chi connectivity index (χ4n) is 8.78. The van der Waals surface area contributed by atoms with E-state index in [1.54, 1.807) is 35.4 Å². The number of carbonyl (C=O) groups excluding carboxylic acids is 4. The summed E-state index contributed by atoms with van der Waals surface area (Å²) in [6, 6.07) is 10.4. The van der Waals surface area contributed by atoms with Crippen LogP contribution in [-0.4, -0.2) is 114 Å². The zero-order chi connectivity index (χ0) is 46.8. The smallest absolute Gasteiger partial charge is 0.453 e. The van der Waals surface area contributed by atoms with Gasteiger partial charge in [-0.15, -0.1) is 13.2 Å². The average Bonchev–Trinajstić information content (AvgIpc) is 3.93. The van der Waals surface area contributed by atoms with Gasteiger partial charge in [0.1, 0.15) is 17.7 Å². The van der Waals surface area contributed by atoms with Crippen molar-refractivity contribution >= 4 is 35.3 Å².